The molecule has 0 N–H and O–H groups in total. The Bertz CT molecular complexity index is 661. The Morgan fingerprint density at radius 2 is 1.70 bits per heavy atom. The highest BCUT2D eigenvalue weighted by Gasteiger charge is 2.45. The monoisotopic (exact) mass is 329 g/mol. The van der Waals surface area contributed by atoms with Crippen LogP contribution in [0.2, 0.25) is 0 Å². The van der Waals surface area contributed by atoms with E-state index in [-0.39, 0.29) is 12.2 Å². The summed E-state index contributed by atoms with van der Waals surface area (Å²) in [6.07, 6.45) is -4.59. The topological polar surface area (TPSA) is 38.8 Å². The highest BCUT2D eigenvalue weighted by molar-refractivity contribution is 5.92. The van der Waals surface area contributed by atoms with E-state index in [4.69, 9.17) is 9.47 Å². The first-order chi connectivity index (χ1) is 10.7. The zero-order chi connectivity index (χ0) is 17.4. The minimum absolute atomic E-state index is 0.0264. The molecule has 4 nitrogen and oxygen atoms in total. The van der Waals surface area contributed by atoms with E-state index in [9.17, 15) is 18.0 Å². The molecule has 0 radical (unpaired) electrons. The van der Waals surface area contributed by atoms with Crippen LogP contribution in [0.25, 0.3) is 5.70 Å². The van der Waals surface area contributed by atoms with Crippen LogP contribution in [0.4, 0.5) is 13.2 Å². The average Bonchev–Trinajstić information content (AvgIpc) is 2.50. The van der Waals surface area contributed by atoms with E-state index in [0.717, 1.165) is 10.5 Å². The van der Waals surface area contributed by atoms with Crippen LogP contribution in [0.3, 0.4) is 0 Å². The number of alkyl halides is 3. The molecule has 7 heteroatoms. The smallest absolute Gasteiger partial charge is 0.471 e. The number of allylic oxidation sites excluding steroid dienone is 1. The van der Waals surface area contributed by atoms with E-state index < -0.39 is 12.1 Å². The van der Waals surface area contributed by atoms with E-state index in [1.54, 1.807) is 26.0 Å². The van der Waals surface area contributed by atoms with Gasteiger partial charge in [0.1, 0.15) is 0 Å². The third kappa shape index (κ3) is 3.13. The van der Waals surface area contributed by atoms with Gasteiger partial charge in [0, 0.05) is 12.1 Å². The largest absolute Gasteiger partial charge is 0.493 e. The lowest BCUT2D eigenvalue weighted by atomic mass is 9.93. The molecule has 2 rings (SSSR count). The molecular weight excluding hydrogens is 311 g/mol. The third-order valence-electron chi connectivity index (χ3n) is 3.70. The Hall–Kier alpha value is -2.18. The lowest BCUT2D eigenvalue weighted by Gasteiger charge is -2.33. The van der Waals surface area contributed by atoms with Crippen molar-refractivity contribution in [2.75, 3.05) is 20.8 Å². The van der Waals surface area contributed by atoms with Gasteiger partial charge in [-0.05, 0) is 38.0 Å². The molecule has 23 heavy (non-hydrogen) atoms. The second-order valence-corrected chi connectivity index (χ2v) is 5.42. The highest BCUT2D eigenvalue weighted by Crippen LogP contribution is 2.40. The van der Waals surface area contributed by atoms with Gasteiger partial charge in [0.05, 0.1) is 19.9 Å². The lowest BCUT2D eigenvalue weighted by Crippen LogP contribution is -2.43. The number of halogens is 3. The van der Waals surface area contributed by atoms with Gasteiger partial charge in [-0.3, -0.25) is 4.79 Å². The van der Waals surface area contributed by atoms with Crippen LogP contribution in [0.5, 0.6) is 11.5 Å². The number of ether oxygens (including phenoxy) is 2. The number of hydrogen-bond acceptors (Lipinski definition) is 3. The van der Waals surface area contributed by atoms with E-state index in [1.165, 1.54) is 14.2 Å². The molecule has 1 aliphatic rings. The molecule has 1 aliphatic heterocycles. The fourth-order valence-corrected chi connectivity index (χ4v) is 2.73. The van der Waals surface area contributed by atoms with Crippen molar-refractivity contribution in [2.24, 2.45) is 0 Å². The Morgan fingerprint density at radius 1 is 1.13 bits per heavy atom. The molecule has 0 aromatic heterocycles. The fourth-order valence-electron chi connectivity index (χ4n) is 2.73. The standard InChI is InChI=1S/C16H18F3NO3/c1-9(2)14-11-8-13(23-4)12(22-3)7-10(11)5-6-20(14)15(21)16(17,18)19/h7-8H,5-6H2,1-4H3. The van der Waals surface area contributed by atoms with E-state index in [2.05, 4.69) is 0 Å². The minimum Gasteiger partial charge on any atom is -0.493 e. The maximum absolute atomic E-state index is 12.9. The molecule has 0 aliphatic carbocycles. The second kappa shape index (κ2) is 6.14. The summed E-state index contributed by atoms with van der Waals surface area (Å²) in [4.78, 5) is 12.5. The molecule has 1 aromatic carbocycles. The number of carbonyl (C=O) groups is 1. The Balaban J connectivity index is 2.60. The first-order valence-corrected chi connectivity index (χ1v) is 7.02. The first-order valence-electron chi connectivity index (χ1n) is 7.02. The van der Waals surface area contributed by atoms with E-state index in [1.807, 2.05) is 0 Å². The van der Waals surface area contributed by atoms with Crippen LogP contribution < -0.4 is 9.47 Å². The van der Waals surface area contributed by atoms with Crippen molar-refractivity contribution in [1.29, 1.82) is 0 Å². The summed E-state index contributed by atoms with van der Waals surface area (Å²) < 4.78 is 49.0. The number of benzene rings is 1. The summed E-state index contributed by atoms with van der Waals surface area (Å²) >= 11 is 0. The molecule has 1 aromatic rings. The number of rotatable bonds is 2. The summed E-state index contributed by atoms with van der Waals surface area (Å²) in [6.45, 7) is 3.33. The molecule has 0 unspecified atom stereocenters. The van der Waals surface area contributed by atoms with Crippen LogP contribution in [0.15, 0.2) is 17.7 Å². The highest BCUT2D eigenvalue weighted by atomic mass is 19.4. The van der Waals surface area contributed by atoms with Gasteiger partial charge in [-0.15, -0.1) is 0 Å². The maximum atomic E-state index is 12.9. The predicted molar refractivity (Wildman–Crippen MR) is 79.3 cm³/mol. The van der Waals surface area contributed by atoms with Crippen LogP contribution in [-0.2, 0) is 11.2 Å². The van der Waals surface area contributed by atoms with Gasteiger partial charge in [-0.1, -0.05) is 5.57 Å². The normalized spacial score (nSPS) is 14.4. The predicted octanol–water partition coefficient (Wildman–Crippen LogP) is 3.40. The van der Waals surface area contributed by atoms with Gasteiger partial charge in [0.25, 0.3) is 0 Å². The molecule has 0 saturated heterocycles. The molecule has 0 atom stereocenters. The van der Waals surface area contributed by atoms with Gasteiger partial charge in [-0.25, -0.2) is 0 Å². The molecule has 0 spiro atoms. The zero-order valence-corrected chi connectivity index (χ0v) is 13.4. The average molecular weight is 329 g/mol. The molecule has 0 fully saturated rings. The summed E-state index contributed by atoms with van der Waals surface area (Å²) in [7, 11) is 2.95. The number of fused-ring (bicyclic) bond motifs is 1. The van der Waals surface area contributed by atoms with Crippen molar-refractivity contribution in [1.82, 2.24) is 4.90 Å². The summed E-state index contributed by atoms with van der Waals surface area (Å²) in [6, 6.07) is 3.36. The van der Waals surface area contributed by atoms with Crippen molar-refractivity contribution in [2.45, 2.75) is 26.4 Å². The number of methoxy groups -OCH3 is 2. The Labute approximate surface area is 132 Å². The van der Waals surface area contributed by atoms with E-state index >= 15 is 0 Å². The van der Waals surface area contributed by atoms with Crippen LogP contribution in [-0.4, -0.2) is 37.7 Å². The lowest BCUT2D eigenvalue weighted by molar-refractivity contribution is -0.182. The maximum Gasteiger partial charge on any atom is 0.471 e. The minimum atomic E-state index is -4.91. The van der Waals surface area contributed by atoms with Gasteiger partial charge in [0.15, 0.2) is 11.5 Å². The molecule has 126 valence electrons. The summed E-state index contributed by atoms with van der Waals surface area (Å²) in [5.41, 5.74) is 2.28. The van der Waals surface area contributed by atoms with Gasteiger partial charge >= 0.3 is 12.1 Å². The van der Waals surface area contributed by atoms with E-state index in [0.29, 0.717) is 29.1 Å². The molecule has 0 bridgehead atoms. The van der Waals surface area contributed by atoms with Gasteiger partial charge in [-0.2, -0.15) is 13.2 Å². The molecule has 0 saturated carbocycles. The van der Waals surface area contributed by atoms with Gasteiger partial charge in [0.2, 0.25) is 0 Å². The second-order valence-electron chi connectivity index (χ2n) is 5.42. The molecule has 1 heterocycles. The van der Waals surface area contributed by atoms with Crippen molar-refractivity contribution < 1.29 is 27.4 Å². The first kappa shape index (κ1) is 17.2. The van der Waals surface area contributed by atoms with Crippen LogP contribution >= 0.6 is 0 Å². The summed E-state index contributed by atoms with van der Waals surface area (Å²) in [5.74, 6) is -0.935. The van der Waals surface area contributed by atoms with Crippen molar-refractivity contribution >= 4 is 11.6 Å². The number of carbonyl (C=O) groups excluding carboxylic acids is 1. The summed E-state index contributed by atoms with van der Waals surface area (Å²) in [5, 5.41) is 0. The number of hydrogen-bond donors (Lipinski definition) is 0. The number of nitrogens with zero attached hydrogens (tertiary/aromatic N) is 1. The van der Waals surface area contributed by atoms with Crippen molar-refractivity contribution in [3.63, 3.8) is 0 Å². The van der Waals surface area contributed by atoms with Crippen LogP contribution in [0, 0.1) is 0 Å². The molecule has 1 amide bonds. The van der Waals surface area contributed by atoms with Gasteiger partial charge < -0.3 is 14.4 Å². The zero-order valence-electron chi connectivity index (χ0n) is 13.4. The fraction of sp³-hybridized carbons (Fsp3) is 0.438. The Morgan fingerprint density at radius 3 is 2.17 bits per heavy atom. The molecular formula is C16H18F3NO3. The quantitative estimate of drug-likeness (QED) is 0.835. The Kier molecular flexibility index (Phi) is 4.58. The van der Waals surface area contributed by atoms with Crippen LogP contribution in [0.1, 0.15) is 25.0 Å². The third-order valence-corrected chi connectivity index (χ3v) is 3.70. The number of amides is 1. The van der Waals surface area contributed by atoms with Crippen molar-refractivity contribution in [3.8, 4) is 11.5 Å². The SMILES string of the molecule is COc1cc2c(cc1OC)C(=C(C)C)N(C(=O)C(F)(F)F)CC2. The van der Waals surface area contributed by atoms with Crippen molar-refractivity contribution in [3.05, 3.63) is 28.8 Å².